The van der Waals surface area contributed by atoms with Gasteiger partial charge in [-0.05, 0) is 48.9 Å². The lowest BCUT2D eigenvalue weighted by Gasteiger charge is -2.22. The van der Waals surface area contributed by atoms with Crippen LogP contribution in [0, 0.1) is 11.2 Å². The van der Waals surface area contributed by atoms with E-state index in [2.05, 4.69) is 20.5 Å². The molecule has 2 aromatic heterocycles. The number of pyridine rings is 1. The molecule has 0 aliphatic carbocycles. The molecule has 0 unspecified atom stereocenters. The summed E-state index contributed by atoms with van der Waals surface area (Å²) in [6.45, 7) is 7.53. The van der Waals surface area contributed by atoms with Crippen LogP contribution in [0.1, 0.15) is 39.4 Å². The maximum atomic E-state index is 13.3. The first-order valence-electron chi connectivity index (χ1n) is 8.83. The largest absolute Gasteiger partial charge is 0.348 e. The number of H-pyrrole nitrogens is 1. The summed E-state index contributed by atoms with van der Waals surface area (Å²) in [6.07, 6.45) is 3.41. The van der Waals surface area contributed by atoms with Crippen molar-refractivity contribution in [2.45, 2.75) is 33.7 Å². The lowest BCUT2D eigenvalue weighted by atomic mass is 9.94. The third kappa shape index (κ3) is 4.05. The third-order valence-corrected chi connectivity index (χ3v) is 4.34. The fourth-order valence-corrected chi connectivity index (χ4v) is 2.78. The highest BCUT2D eigenvalue weighted by Gasteiger charge is 2.26. The van der Waals surface area contributed by atoms with Crippen molar-refractivity contribution in [3.8, 4) is 22.4 Å². The van der Waals surface area contributed by atoms with Gasteiger partial charge in [0.25, 0.3) is 0 Å². The topological polar surface area (TPSA) is 70.7 Å². The first-order chi connectivity index (χ1) is 12.8. The minimum Gasteiger partial charge on any atom is -0.348 e. The number of aromatic nitrogens is 3. The zero-order valence-electron chi connectivity index (χ0n) is 15.9. The highest BCUT2D eigenvalue weighted by atomic mass is 19.1. The molecular weight excluding hydrogens is 343 g/mol. The fourth-order valence-electron chi connectivity index (χ4n) is 2.78. The van der Waals surface area contributed by atoms with E-state index in [4.69, 9.17) is 0 Å². The van der Waals surface area contributed by atoms with Gasteiger partial charge in [0, 0.05) is 28.9 Å². The van der Waals surface area contributed by atoms with Crippen LogP contribution < -0.4 is 5.32 Å². The molecule has 0 radical (unpaired) electrons. The van der Waals surface area contributed by atoms with Crippen molar-refractivity contribution >= 4 is 5.91 Å². The van der Waals surface area contributed by atoms with E-state index in [0.29, 0.717) is 5.69 Å². The standard InChI is InChI=1S/C21H23FN4O/c1-13(24-20(27)21(2,3)4)18-17(14-9-11-23-12-10-14)19(26-25-18)15-5-7-16(22)8-6-15/h5-13H,1-4H3,(H,24,27)(H,25,26)/t13-/m1/s1. The molecule has 0 bridgehead atoms. The zero-order valence-corrected chi connectivity index (χ0v) is 15.9. The number of carbonyl (C=O) groups is 1. The Kier molecular flexibility index (Phi) is 5.08. The van der Waals surface area contributed by atoms with Gasteiger partial charge in [0.15, 0.2) is 0 Å². The number of amides is 1. The summed E-state index contributed by atoms with van der Waals surface area (Å²) in [4.78, 5) is 16.5. The Hall–Kier alpha value is -3.02. The molecule has 3 rings (SSSR count). The number of rotatable bonds is 4. The van der Waals surface area contributed by atoms with Gasteiger partial charge >= 0.3 is 0 Å². The van der Waals surface area contributed by atoms with Crippen LogP contribution in [0.2, 0.25) is 0 Å². The van der Waals surface area contributed by atoms with Crippen molar-refractivity contribution in [2.24, 2.45) is 5.41 Å². The molecule has 1 amide bonds. The number of carbonyl (C=O) groups excluding carboxylic acids is 1. The summed E-state index contributed by atoms with van der Waals surface area (Å²) >= 11 is 0. The predicted octanol–water partition coefficient (Wildman–Crippen LogP) is 4.50. The van der Waals surface area contributed by atoms with Gasteiger partial charge in [-0.1, -0.05) is 20.8 Å². The average Bonchev–Trinajstić information content (AvgIpc) is 3.07. The summed E-state index contributed by atoms with van der Waals surface area (Å²) in [5.74, 6) is -0.348. The van der Waals surface area contributed by atoms with E-state index in [-0.39, 0.29) is 17.8 Å². The van der Waals surface area contributed by atoms with Crippen molar-refractivity contribution in [3.05, 3.63) is 60.3 Å². The quantitative estimate of drug-likeness (QED) is 0.714. The molecule has 27 heavy (non-hydrogen) atoms. The van der Waals surface area contributed by atoms with Gasteiger partial charge in [-0.3, -0.25) is 14.9 Å². The van der Waals surface area contributed by atoms with E-state index in [1.807, 2.05) is 39.8 Å². The fraction of sp³-hybridized carbons (Fsp3) is 0.286. The Morgan fingerprint density at radius 1 is 1.07 bits per heavy atom. The maximum Gasteiger partial charge on any atom is 0.225 e. The molecule has 6 heteroatoms. The predicted molar refractivity (Wildman–Crippen MR) is 103 cm³/mol. The zero-order chi connectivity index (χ0) is 19.6. The van der Waals surface area contributed by atoms with E-state index < -0.39 is 5.41 Å². The van der Waals surface area contributed by atoms with Crippen molar-refractivity contribution in [2.75, 3.05) is 0 Å². The summed E-state index contributed by atoms with van der Waals surface area (Å²) in [5, 5.41) is 10.6. The molecule has 0 fully saturated rings. The summed E-state index contributed by atoms with van der Waals surface area (Å²) in [7, 11) is 0. The molecule has 0 saturated carbocycles. The van der Waals surface area contributed by atoms with Crippen LogP contribution >= 0.6 is 0 Å². The molecule has 0 aliphatic rings. The number of nitrogens with one attached hydrogen (secondary N) is 2. The Bertz CT molecular complexity index is 927. The number of hydrogen-bond donors (Lipinski definition) is 2. The van der Waals surface area contributed by atoms with Crippen LogP contribution in [0.5, 0.6) is 0 Å². The smallest absolute Gasteiger partial charge is 0.225 e. The van der Waals surface area contributed by atoms with E-state index in [9.17, 15) is 9.18 Å². The highest BCUT2D eigenvalue weighted by Crippen LogP contribution is 2.36. The molecule has 1 aromatic carbocycles. The van der Waals surface area contributed by atoms with E-state index in [0.717, 1.165) is 22.4 Å². The van der Waals surface area contributed by atoms with Gasteiger partial charge in [0.2, 0.25) is 5.91 Å². The summed E-state index contributed by atoms with van der Waals surface area (Å²) < 4.78 is 13.3. The minimum atomic E-state index is -0.495. The number of aromatic amines is 1. The van der Waals surface area contributed by atoms with Crippen LogP contribution in [0.4, 0.5) is 4.39 Å². The second kappa shape index (κ2) is 7.31. The van der Waals surface area contributed by atoms with Gasteiger partial charge in [0.1, 0.15) is 11.5 Å². The monoisotopic (exact) mass is 366 g/mol. The minimum absolute atomic E-state index is 0.0476. The lowest BCUT2D eigenvalue weighted by Crippen LogP contribution is -2.36. The van der Waals surface area contributed by atoms with Crippen LogP contribution in [-0.4, -0.2) is 21.1 Å². The molecule has 0 aliphatic heterocycles. The SMILES string of the molecule is C[C@@H](NC(=O)C(C)(C)C)c1[nH]nc(-c2ccc(F)cc2)c1-c1ccncc1. The first-order valence-corrected chi connectivity index (χ1v) is 8.83. The Morgan fingerprint density at radius 3 is 2.30 bits per heavy atom. The Morgan fingerprint density at radius 2 is 1.70 bits per heavy atom. The van der Waals surface area contributed by atoms with E-state index in [1.165, 1.54) is 12.1 Å². The van der Waals surface area contributed by atoms with Gasteiger partial charge in [0.05, 0.1) is 11.7 Å². The molecule has 140 valence electrons. The Balaban J connectivity index is 2.07. The van der Waals surface area contributed by atoms with Crippen LogP contribution in [0.25, 0.3) is 22.4 Å². The maximum absolute atomic E-state index is 13.3. The van der Waals surface area contributed by atoms with Gasteiger partial charge in [-0.15, -0.1) is 0 Å². The van der Waals surface area contributed by atoms with Gasteiger partial charge in [-0.2, -0.15) is 5.10 Å². The molecule has 2 N–H and O–H groups in total. The number of nitrogens with zero attached hydrogens (tertiary/aromatic N) is 2. The summed E-state index contributed by atoms with van der Waals surface area (Å²) in [6, 6.07) is 9.70. The lowest BCUT2D eigenvalue weighted by molar-refractivity contribution is -0.129. The van der Waals surface area contributed by atoms with Gasteiger partial charge < -0.3 is 5.32 Å². The normalized spacial score (nSPS) is 12.6. The van der Waals surface area contributed by atoms with E-state index in [1.54, 1.807) is 24.5 Å². The third-order valence-electron chi connectivity index (χ3n) is 4.34. The highest BCUT2D eigenvalue weighted by molar-refractivity contribution is 5.85. The molecule has 0 spiro atoms. The average molecular weight is 366 g/mol. The Labute approximate surface area is 158 Å². The molecule has 1 atom stereocenters. The van der Waals surface area contributed by atoms with Crippen LogP contribution in [-0.2, 0) is 4.79 Å². The number of benzene rings is 1. The van der Waals surface area contributed by atoms with Gasteiger partial charge in [-0.25, -0.2) is 4.39 Å². The van der Waals surface area contributed by atoms with Crippen molar-refractivity contribution in [3.63, 3.8) is 0 Å². The first kappa shape index (κ1) is 18.8. The second-order valence-electron chi connectivity index (χ2n) is 7.55. The molecular formula is C21H23FN4O. The number of halogens is 1. The molecule has 3 aromatic rings. The van der Waals surface area contributed by atoms with Crippen molar-refractivity contribution in [1.82, 2.24) is 20.5 Å². The van der Waals surface area contributed by atoms with Crippen LogP contribution in [0.3, 0.4) is 0 Å². The van der Waals surface area contributed by atoms with Crippen molar-refractivity contribution in [1.29, 1.82) is 0 Å². The number of hydrogen-bond acceptors (Lipinski definition) is 3. The molecule has 0 saturated heterocycles. The molecule has 2 heterocycles. The van der Waals surface area contributed by atoms with E-state index >= 15 is 0 Å². The summed E-state index contributed by atoms with van der Waals surface area (Å²) in [5.41, 5.74) is 3.58. The van der Waals surface area contributed by atoms with Crippen molar-refractivity contribution < 1.29 is 9.18 Å². The second-order valence-corrected chi connectivity index (χ2v) is 7.55. The molecule has 5 nitrogen and oxygen atoms in total. The van der Waals surface area contributed by atoms with Crippen LogP contribution in [0.15, 0.2) is 48.8 Å².